The molecule has 1 aromatic heterocycles. The van der Waals surface area contributed by atoms with Crippen LogP contribution in [0.25, 0.3) is 34.0 Å². The summed E-state index contributed by atoms with van der Waals surface area (Å²) in [5.41, 5.74) is 6.69. The normalized spacial score (nSPS) is 10.8. The molecule has 0 saturated heterocycles. The second-order valence-corrected chi connectivity index (χ2v) is 12.9. The van der Waals surface area contributed by atoms with Gasteiger partial charge in [-0.15, -0.1) is 0 Å². The predicted molar refractivity (Wildman–Crippen MR) is 202 cm³/mol. The number of nitrogens with zero attached hydrogens (tertiary/aromatic N) is 4. The molecule has 12 heteroatoms. The van der Waals surface area contributed by atoms with Crippen molar-refractivity contribution < 1.29 is 33.1 Å². The van der Waals surface area contributed by atoms with E-state index in [4.69, 9.17) is 9.26 Å². The van der Waals surface area contributed by atoms with Crippen LogP contribution in [0, 0.1) is 12.7 Å². The first-order valence-corrected chi connectivity index (χ1v) is 17.1. The van der Waals surface area contributed by atoms with Crippen molar-refractivity contribution in [3.63, 3.8) is 0 Å². The van der Waals surface area contributed by atoms with Gasteiger partial charge in [-0.1, -0.05) is 71.4 Å². The van der Waals surface area contributed by atoms with Crippen molar-refractivity contribution in [3.05, 3.63) is 143 Å². The second kappa shape index (κ2) is 16.0. The molecule has 262 valence electrons. The monoisotopic (exact) mass is 810 g/mol. The van der Waals surface area contributed by atoms with Crippen molar-refractivity contribution in [2.45, 2.75) is 19.9 Å². The van der Waals surface area contributed by atoms with Gasteiger partial charge in [0.2, 0.25) is 11.7 Å². The number of aryl methyl sites for hydroxylation is 1. The van der Waals surface area contributed by atoms with Gasteiger partial charge in [-0.2, -0.15) is 4.98 Å². The molecule has 0 atom stereocenters. The molecule has 0 aliphatic rings. The molecule has 52 heavy (non-hydrogen) atoms. The summed E-state index contributed by atoms with van der Waals surface area (Å²) in [6.45, 7) is 1.56. The topological polar surface area (TPSA) is 126 Å². The van der Waals surface area contributed by atoms with Gasteiger partial charge in [0.25, 0.3) is 11.8 Å². The first kappa shape index (κ1) is 35.9. The maximum atomic E-state index is 13.8. The summed E-state index contributed by atoms with van der Waals surface area (Å²) in [6, 6.07) is 33.5. The van der Waals surface area contributed by atoms with Gasteiger partial charge in [-0.3, -0.25) is 17.5 Å². The highest BCUT2D eigenvalue weighted by Gasteiger charge is 2.21. The van der Waals surface area contributed by atoms with Crippen LogP contribution >= 0.6 is 22.9 Å². The largest absolute Gasteiger partial charge is 0.496 e. The summed E-state index contributed by atoms with van der Waals surface area (Å²) in [7, 11) is 1.45. The Balaban J connectivity index is 1.10. The number of hydrogen-bond acceptors (Lipinski definition) is 7. The molecule has 10 nitrogen and oxygen atoms in total. The van der Waals surface area contributed by atoms with Gasteiger partial charge in [0, 0.05) is 28.8 Å². The Morgan fingerprint density at radius 1 is 0.827 bits per heavy atom. The highest BCUT2D eigenvalue weighted by molar-refractivity contribution is 14.1. The summed E-state index contributed by atoms with van der Waals surface area (Å²) < 4.78 is 25.9. The quantitative estimate of drug-likeness (QED) is 0.0970. The Hall–Kier alpha value is -5.89. The Kier molecular flexibility index (Phi) is 11.0. The number of aliphatic carboxylic acids is 1. The van der Waals surface area contributed by atoms with Crippen LogP contribution in [0.1, 0.15) is 27.0 Å². The van der Waals surface area contributed by atoms with Crippen LogP contribution in [0.3, 0.4) is 0 Å². The van der Waals surface area contributed by atoms with Crippen molar-refractivity contribution in [2.75, 3.05) is 16.8 Å². The molecule has 1 N–H and O–H groups in total. The van der Waals surface area contributed by atoms with E-state index in [0.717, 1.165) is 16.7 Å². The fourth-order valence-corrected chi connectivity index (χ4v) is 6.02. The number of aromatic nitrogens is 2. The van der Waals surface area contributed by atoms with E-state index in [0.29, 0.717) is 39.8 Å². The lowest BCUT2D eigenvalue weighted by atomic mass is 10.0. The van der Waals surface area contributed by atoms with Gasteiger partial charge in [0.1, 0.15) is 18.1 Å². The van der Waals surface area contributed by atoms with Gasteiger partial charge in [-0.25, -0.2) is 4.39 Å². The SMILES string of the molecule is COc1ccc(F)cc1CC(=O)N(I)c1ccc(C(=O)N(CC(=O)O)Cc2ccc(-c3noc(-c4ccc(-c5ccc(C)cc5)cc4)n3)cc2)cc1. The van der Waals surface area contributed by atoms with Crippen LogP contribution in [0.4, 0.5) is 10.1 Å². The smallest absolute Gasteiger partial charge is 0.323 e. The fourth-order valence-electron chi connectivity index (χ4n) is 5.53. The van der Waals surface area contributed by atoms with Crippen molar-refractivity contribution >= 4 is 46.3 Å². The predicted octanol–water partition coefficient (Wildman–Crippen LogP) is 8.18. The van der Waals surface area contributed by atoms with E-state index >= 15 is 0 Å². The number of benzene rings is 5. The number of ether oxygens (including phenoxy) is 1. The molecule has 2 amide bonds. The molecular weight excluding hydrogens is 778 g/mol. The van der Waals surface area contributed by atoms with Crippen LogP contribution in [-0.4, -0.2) is 51.6 Å². The number of carboxylic acids is 1. The van der Waals surface area contributed by atoms with Gasteiger partial charge in [-0.05, 0) is 78.2 Å². The van der Waals surface area contributed by atoms with Gasteiger partial charge < -0.3 is 19.3 Å². The van der Waals surface area contributed by atoms with E-state index in [1.807, 2.05) is 47.1 Å². The number of hydrogen-bond donors (Lipinski definition) is 1. The molecule has 0 saturated carbocycles. The van der Waals surface area contributed by atoms with Crippen molar-refractivity contribution in [3.8, 4) is 39.7 Å². The lowest BCUT2D eigenvalue weighted by Crippen LogP contribution is -2.35. The molecule has 6 aromatic rings. The lowest BCUT2D eigenvalue weighted by Gasteiger charge is -2.22. The summed E-state index contributed by atoms with van der Waals surface area (Å²) >= 11 is 1.84. The summed E-state index contributed by atoms with van der Waals surface area (Å²) in [4.78, 5) is 44.0. The standard InChI is InChI=1S/C40H32FIN4O6/c1-25-3-7-27(8-4-25)28-11-13-30(14-12-28)39-43-38(44-52-39)29-9-5-26(6-10-29)23-45(24-37(48)49)40(50)31-15-18-34(19-16-31)46(42)36(47)22-32-21-33(41)17-20-35(32)51-2/h3-21H,22-24H2,1-2H3,(H,48,49). The Morgan fingerprint density at radius 2 is 1.44 bits per heavy atom. The zero-order valence-corrected chi connectivity index (χ0v) is 30.3. The number of amides is 2. The zero-order chi connectivity index (χ0) is 36.8. The minimum atomic E-state index is -1.16. The maximum absolute atomic E-state index is 13.8. The molecule has 6 rings (SSSR count). The third kappa shape index (κ3) is 8.52. The molecular formula is C40H32FIN4O6. The van der Waals surface area contributed by atoms with Gasteiger partial charge in [0.05, 0.1) is 42.1 Å². The van der Waals surface area contributed by atoms with E-state index in [2.05, 4.69) is 41.3 Å². The summed E-state index contributed by atoms with van der Waals surface area (Å²) in [5.74, 6) is -1.31. The number of rotatable bonds is 12. The number of anilines is 1. The maximum Gasteiger partial charge on any atom is 0.323 e. The van der Waals surface area contributed by atoms with E-state index in [-0.39, 0.29) is 24.4 Å². The van der Waals surface area contributed by atoms with E-state index in [1.165, 1.54) is 51.0 Å². The number of methoxy groups -OCH3 is 1. The van der Waals surface area contributed by atoms with Crippen molar-refractivity contribution in [1.82, 2.24) is 15.0 Å². The molecule has 0 radical (unpaired) electrons. The van der Waals surface area contributed by atoms with Gasteiger partial charge >= 0.3 is 5.97 Å². The minimum absolute atomic E-state index is 0.0321. The Morgan fingerprint density at radius 3 is 2.08 bits per heavy atom. The molecule has 0 spiro atoms. The fraction of sp³-hybridized carbons (Fsp3) is 0.125. The summed E-state index contributed by atoms with van der Waals surface area (Å²) in [6.07, 6.45) is -0.105. The molecule has 0 unspecified atom stereocenters. The first-order chi connectivity index (χ1) is 25.1. The highest BCUT2D eigenvalue weighted by atomic mass is 127. The molecule has 5 aromatic carbocycles. The van der Waals surface area contributed by atoms with Crippen LogP contribution in [0.5, 0.6) is 5.75 Å². The average Bonchev–Trinajstić information content (AvgIpc) is 3.65. The minimum Gasteiger partial charge on any atom is -0.496 e. The van der Waals surface area contributed by atoms with E-state index < -0.39 is 24.2 Å². The van der Waals surface area contributed by atoms with Crippen LogP contribution in [0.15, 0.2) is 120 Å². The molecule has 0 bridgehead atoms. The van der Waals surface area contributed by atoms with Gasteiger partial charge in [0.15, 0.2) is 0 Å². The Bertz CT molecular complexity index is 2210. The highest BCUT2D eigenvalue weighted by Crippen LogP contribution is 2.28. The van der Waals surface area contributed by atoms with Crippen LogP contribution < -0.4 is 7.85 Å². The van der Waals surface area contributed by atoms with Crippen LogP contribution in [0.2, 0.25) is 0 Å². The molecule has 0 fully saturated rings. The second-order valence-electron chi connectivity index (χ2n) is 12.0. The first-order valence-electron chi connectivity index (χ1n) is 16.1. The van der Waals surface area contributed by atoms with Crippen LogP contribution in [-0.2, 0) is 22.6 Å². The van der Waals surface area contributed by atoms with E-state index in [9.17, 15) is 23.9 Å². The third-order valence-electron chi connectivity index (χ3n) is 8.29. The number of carbonyl (C=O) groups excluding carboxylic acids is 2. The average molecular weight is 811 g/mol. The molecule has 0 aliphatic carbocycles. The number of carbonyl (C=O) groups is 3. The number of halogens is 2. The van der Waals surface area contributed by atoms with E-state index in [1.54, 1.807) is 36.4 Å². The zero-order valence-electron chi connectivity index (χ0n) is 28.1. The lowest BCUT2D eigenvalue weighted by molar-refractivity contribution is -0.137. The molecule has 1 heterocycles. The third-order valence-corrected chi connectivity index (χ3v) is 9.38. The van der Waals surface area contributed by atoms with Crippen molar-refractivity contribution in [1.29, 1.82) is 0 Å². The van der Waals surface area contributed by atoms with Crippen molar-refractivity contribution in [2.24, 2.45) is 0 Å². The molecule has 0 aliphatic heterocycles. The number of carboxylic acid groups (broad SMARTS) is 1. The summed E-state index contributed by atoms with van der Waals surface area (Å²) in [5, 5.41) is 13.7. The Labute approximate surface area is 313 Å².